The van der Waals surface area contributed by atoms with Crippen molar-refractivity contribution < 1.29 is 9.53 Å². The summed E-state index contributed by atoms with van der Waals surface area (Å²) in [5, 5.41) is 0. The van der Waals surface area contributed by atoms with Crippen molar-refractivity contribution in [1.29, 1.82) is 0 Å². The molecule has 0 saturated heterocycles. The molecule has 0 radical (unpaired) electrons. The predicted molar refractivity (Wildman–Crippen MR) is 36.3 cm³/mol. The van der Waals surface area contributed by atoms with E-state index < -0.39 is 5.56 Å². The Morgan fingerprint density at radius 3 is 2.56 bits per heavy atom. The quantitative estimate of drug-likeness (QED) is 0.454. The van der Waals surface area contributed by atoms with Gasteiger partial charge >= 0.3 is 5.97 Å². The molecule has 0 fully saturated rings. The maximum Gasteiger partial charge on any atom is 0.306 e. The lowest BCUT2D eigenvalue weighted by atomic mass is 10.5. The van der Waals surface area contributed by atoms with E-state index >= 15 is 0 Å². The number of esters is 1. The van der Waals surface area contributed by atoms with E-state index in [1.165, 1.54) is 0 Å². The molecule has 0 aliphatic rings. The van der Waals surface area contributed by atoms with Gasteiger partial charge in [-0.3, -0.25) is 4.79 Å². The van der Waals surface area contributed by atoms with Gasteiger partial charge in [0.05, 0.1) is 0 Å². The van der Waals surface area contributed by atoms with E-state index in [4.69, 9.17) is 11.6 Å². The Balaban J connectivity index is 3.34. The summed E-state index contributed by atoms with van der Waals surface area (Å²) in [6, 6.07) is 0. The lowest BCUT2D eigenvalue weighted by Crippen LogP contribution is -2.09. The molecule has 9 heavy (non-hydrogen) atoms. The molecule has 0 aromatic rings. The van der Waals surface area contributed by atoms with Gasteiger partial charge in [-0.1, -0.05) is 25.4 Å². The summed E-state index contributed by atoms with van der Waals surface area (Å²) < 4.78 is 4.68. The van der Waals surface area contributed by atoms with Gasteiger partial charge in [-0.25, -0.2) is 0 Å². The van der Waals surface area contributed by atoms with E-state index in [9.17, 15) is 4.79 Å². The highest BCUT2D eigenvalue weighted by molar-refractivity contribution is 6.20. The number of hydrogen-bond donors (Lipinski definition) is 0. The molecule has 0 unspecified atom stereocenters. The van der Waals surface area contributed by atoms with Crippen LogP contribution in [-0.2, 0) is 9.53 Å². The van der Waals surface area contributed by atoms with Crippen molar-refractivity contribution in [2.75, 3.05) is 0 Å². The zero-order chi connectivity index (χ0) is 7.28. The fourth-order valence-corrected chi connectivity index (χ4v) is 0.409. The summed E-state index contributed by atoms with van der Waals surface area (Å²) in [5.41, 5.74) is -0.447. The average molecular weight is 151 g/mol. The number of ether oxygens (including phenoxy) is 1. The van der Waals surface area contributed by atoms with Crippen molar-refractivity contribution in [2.24, 2.45) is 0 Å². The van der Waals surface area contributed by atoms with Crippen LogP contribution in [0.5, 0.6) is 0 Å². The Morgan fingerprint density at radius 1 is 1.67 bits per heavy atom. The fraction of sp³-hybridized carbons (Fsp3) is 0.833. The minimum Gasteiger partial charge on any atom is -0.446 e. The molecule has 0 aliphatic heterocycles. The van der Waals surface area contributed by atoms with Crippen molar-refractivity contribution in [2.45, 2.75) is 32.3 Å². The van der Waals surface area contributed by atoms with Crippen molar-refractivity contribution in [3.05, 3.63) is 0 Å². The third kappa shape index (κ3) is 4.28. The molecule has 0 bridgehead atoms. The summed E-state index contributed by atoms with van der Waals surface area (Å²) >= 11 is 5.50. The molecule has 0 aromatic heterocycles. The van der Waals surface area contributed by atoms with E-state index in [0.29, 0.717) is 12.8 Å². The van der Waals surface area contributed by atoms with Crippen LogP contribution in [0.25, 0.3) is 0 Å². The molecule has 2 nitrogen and oxygen atoms in total. The number of rotatable bonds is 3. The van der Waals surface area contributed by atoms with E-state index in [1.54, 1.807) is 6.92 Å². The van der Waals surface area contributed by atoms with Gasteiger partial charge in [-0.15, -0.1) is 0 Å². The number of hydrogen-bond acceptors (Lipinski definition) is 2. The highest BCUT2D eigenvalue weighted by Gasteiger charge is 2.05. The van der Waals surface area contributed by atoms with Crippen LogP contribution in [0.1, 0.15) is 26.7 Å². The molecule has 0 aliphatic carbocycles. The molecule has 0 amide bonds. The van der Waals surface area contributed by atoms with Crippen LogP contribution in [0.3, 0.4) is 0 Å². The Hall–Kier alpha value is -0.240. The first-order valence-electron chi connectivity index (χ1n) is 3.04. The lowest BCUT2D eigenvalue weighted by molar-refractivity contribution is -0.145. The average Bonchev–Trinajstić information content (AvgIpc) is 1.87. The highest BCUT2D eigenvalue weighted by atomic mass is 35.5. The zero-order valence-electron chi connectivity index (χ0n) is 5.69. The van der Waals surface area contributed by atoms with Crippen LogP contribution < -0.4 is 0 Å². The standard InChI is InChI=1S/C6H11ClO2/c1-3-5(7)9-6(8)4-2/h5H,3-4H2,1-2H3/t5-/m1/s1. The smallest absolute Gasteiger partial charge is 0.306 e. The largest absolute Gasteiger partial charge is 0.446 e. The molecule has 0 spiro atoms. The minimum atomic E-state index is -0.447. The Kier molecular flexibility index (Phi) is 4.50. The van der Waals surface area contributed by atoms with Gasteiger partial charge < -0.3 is 4.74 Å². The molecule has 0 aromatic carbocycles. The molecule has 54 valence electrons. The lowest BCUT2D eigenvalue weighted by Gasteiger charge is -2.06. The zero-order valence-corrected chi connectivity index (χ0v) is 6.44. The molecule has 0 rings (SSSR count). The fourth-order valence-electron chi connectivity index (χ4n) is 0.309. The van der Waals surface area contributed by atoms with Gasteiger partial charge in [0.25, 0.3) is 0 Å². The van der Waals surface area contributed by atoms with Crippen molar-refractivity contribution in [3.8, 4) is 0 Å². The summed E-state index contributed by atoms with van der Waals surface area (Å²) in [4.78, 5) is 10.5. The molecule has 0 saturated carbocycles. The van der Waals surface area contributed by atoms with Crippen LogP contribution in [0.2, 0.25) is 0 Å². The number of halogens is 1. The summed E-state index contributed by atoms with van der Waals surface area (Å²) in [5.74, 6) is -0.239. The Bertz CT molecular complexity index is 93.1. The minimum absolute atomic E-state index is 0.239. The summed E-state index contributed by atoms with van der Waals surface area (Å²) in [6.07, 6.45) is 1.05. The first-order chi connectivity index (χ1) is 4.20. The van der Waals surface area contributed by atoms with Crippen molar-refractivity contribution in [3.63, 3.8) is 0 Å². The van der Waals surface area contributed by atoms with Gasteiger partial charge in [0.15, 0.2) is 5.56 Å². The van der Waals surface area contributed by atoms with Gasteiger partial charge in [0.2, 0.25) is 0 Å². The summed E-state index contributed by atoms with van der Waals surface area (Å²) in [6.45, 7) is 3.60. The van der Waals surface area contributed by atoms with Crippen LogP contribution >= 0.6 is 11.6 Å². The maximum atomic E-state index is 10.5. The van der Waals surface area contributed by atoms with Gasteiger partial charge in [0.1, 0.15) is 0 Å². The predicted octanol–water partition coefficient (Wildman–Crippen LogP) is 1.91. The van der Waals surface area contributed by atoms with Gasteiger partial charge in [-0.05, 0) is 6.42 Å². The molecular formula is C6H11ClO2. The third-order valence-corrected chi connectivity index (χ3v) is 1.27. The van der Waals surface area contributed by atoms with Crippen molar-refractivity contribution in [1.82, 2.24) is 0 Å². The van der Waals surface area contributed by atoms with E-state index in [2.05, 4.69) is 4.74 Å². The van der Waals surface area contributed by atoms with Crippen LogP contribution in [0.15, 0.2) is 0 Å². The Labute approximate surface area is 60.1 Å². The number of carbonyl (C=O) groups is 1. The first kappa shape index (κ1) is 8.76. The number of alkyl halides is 1. The van der Waals surface area contributed by atoms with Crippen LogP contribution in [0.4, 0.5) is 0 Å². The molecule has 3 heteroatoms. The third-order valence-electron chi connectivity index (χ3n) is 0.869. The SMILES string of the molecule is CCC(=O)O[C@@H](Cl)CC. The molecule has 0 heterocycles. The molecule has 1 atom stereocenters. The summed E-state index contributed by atoms with van der Waals surface area (Å²) in [7, 11) is 0. The van der Waals surface area contributed by atoms with E-state index in [0.717, 1.165) is 0 Å². The topological polar surface area (TPSA) is 26.3 Å². The second kappa shape index (κ2) is 4.62. The number of carbonyl (C=O) groups excluding carboxylic acids is 1. The van der Waals surface area contributed by atoms with Gasteiger partial charge in [-0.2, -0.15) is 0 Å². The first-order valence-corrected chi connectivity index (χ1v) is 3.47. The maximum absolute atomic E-state index is 10.5. The highest BCUT2D eigenvalue weighted by Crippen LogP contribution is 2.03. The van der Waals surface area contributed by atoms with Crippen molar-refractivity contribution >= 4 is 17.6 Å². The molecule has 0 N–H and O–H groups in total. The van der Waals surface area contributed by atoms with E-state index in [-0.39, 0.29) is 5.97 Å². The van der Waals surface area contributed by atoms with Crippen LogP contribution in [0, 0.1) is 0 Å². The van der Waals surface area contributed by atoms with E-state index in [1.807, 2.05) is 6.92 Å². The second-order valence-electron chi connectivity index (χ2n) is 1.66. The normalized spacial score (nSPS) is 12.8. The van der Waals surface area contributed by atoms with Gasteiger partial charge in [0, 0.05) is 6.42 Å². The van der Waals surface area contributed by atoms with Crippen LogP contribution in [-0.4, -0.2) is 11.5 Å². The second-order valence-corrected chi connectivity index (χ2v) is 2.15. The Morgan fingerprint density at radius 2 is 2.22 bits per heavy atom. The molecular weight excluding hydrogens is 140 g/mol. The monoisotopic (exact) mass is 150 g/mol.